The van der Waals surface area contributed by atoms with Crippen molar-refractivity contribution in [2.45, 2.75) is 50.2 Å². The molecule has 16 heavy (non-hydrogen) atoms. The monoisotopic (exact) mass is 227 g/mol. The lowest BCUT2D eigenvalue weighted by molar-refractivity contribution is -0.156. The molecule has 1 aliphatic heterocycles. The zero-order valence-corrected chi connectivity index (χ0v) is 9.41. The van der Waals surface area contributed by atoms with Gasteiger partial charge in [0.25, 0.3) is 5.91 Å². The topological polar surface area (TPSA) is 75.6 Å². The number of rotatable bonds is 3. The van der Waals surface area contributed by atoms with E-state index in [1.807, 2.05) is 0 Å². The summed E-state index contributed by atoms with van der Waals surface area (Å²) >= 11 is 0. The summed E-state index contributed by atoms with van der Waals surface area (Å²) in [6.07, 6.45) is 3.40. The second-order valence-corrected chi connectivity index (χ2v) is 4.88. The molecule has 1 amide bonds. The first-order chi connectivity index (χ1) is 7.49. The van der Waals surface area contributed by atoms with Crippen LogP contribution in [0, 0.1) is 0 Å². The average Bonchev–Trinajstić information content (AvgIpc) is 2.59. The van der Waals surface area contributed by atoms with Gasteiger partial charge in [0.2, 0.25) is 0 Å². The first kappa shape index (κ1) is 11.4. The van der Waals surface area contributed by atoms with Gasteiger partial charge >= 0.3 is 5.97 Å². The fraction of sp³-hybridized carbons (Fsp3) is 0.818. The van der Waals surface area contributed by atoms with Crippen molar-refractivity contribution in [1.82, 2.24) is 5.32 Å². The van der Waals surface area contributed by atoms with Gasteiger partial charge < -0.3 is 15.2 Å². The average molecular weight is 227 g/mol. The summed E-state index contributed by atoms with van der Waals surface area (Å²) in [5.41, 5.74) is -1.87. The fourth-order valence-electron chi connectivity index (χ4n) is 2.23. The van der Waals surface area contributed by atoms with Gasteiger partial charge in [-0.05, 0) is 39.0 Å². The first-order valence-electron chi connectivity index (χ1n) is 5.69. The molecule has 2 N–H and O–H groups in total. The van der Waals surface area contributed by atoms with Gasteiger partial charge in [-0.3, -0.25) is 4.79 Å². The third kappa shape index (κ3) is 1.69. The Hall–Kier alpha value is -1.10. The molecule has 2 rings (SSSR count). The molecule has 0 radical (unpaired) electrons. The van der Waals surface area contributed by atoms with E-state index in [-0.39, 0.29) is 5.91 Å². The number of carboxylic acid groups (broad SMARTS) is 1. The van der Waals surface area contributed by atoms with Crippen LogP contribution >= 0.6 is 0 Å². The Kier molecular flexibility index (Phi) is 2.66. The van der Waals surface area contributed by atoms with E-state index in [9.17, 15) is 9.59 Å². The van der Waals surface area contributed by atoms with Crippen molar-refractivity contribution in [3.63, 3.8) is 0 Å². The summed E-state index contributed by atoms with van der Waals surface area (Å²) in [4.78, 5) is 23.1. The maximum atomic E-state index is 12.0. The zero-order chi connectivity index (χ0) is 11.8. The van der Waals surface area contributed by atoms with Crippen LogP contribution in [0.4, 0.5) is 0 Å². The van der Waals surface area contributed by atoms with E-state index in [1.165, 1.54) is 0 Å². The van der Waals surface area contributed by atoms with Crippen molar-refractivity contribution in [3.8, 4) is 0 Å². The summed E-state index contributed by atoms with van der Waals surface area (Å²) in [5, 5.41) is 11.8. The number of hydrogen-bond donors (Lipinski definition) is 2. The Morgan fingerprint density at radius 3 is 2.31 bits per heavy atom. The number of carboxylic acids is 1. The first-order valence-corrected chi connectivity index (χ1v) is 5.69. The van der Waals surface area contributed by atoms with Gasteiger partial charge in [0, 0.05) is 6.61 Å². The molecule has 0 aromatic rings. The Balaban J connectivity index is 2.03. The molecule has 5 nitrogen and oxygen atoms in total. The molecular formula is C11H17NO4. The van der Waals surface area contributed by atoms with Gasteiger partial charge in [0.05, 0.1) is 0 Å². The number of carbonyl (C=O) groups is 2. The Bertz CT molecular complexity index is 316. The minimum Gasteiger partial charge on any atom is -0.480 e. The van der Waals surface area contributed by atoms with Gasteiger partial charge in [-0.15, -0.1) is 0 Å². The molecule has 0 bridgehead atoms. The Morgan fingerprint density at radius 2 is 1.94 bits per heavy atom. The lowest BCUT2D eigenvalue weighted by Crippen LogP contribution is -2.62. The predicted molar refractivity (Wildman–Crippen MR) is 56.0 cm³/mol. The fourth-order valence-corrected chi connectivity index (χ4v) is 2.23. The second kappa shape index (κ2) is 3.73. The third-order valence-corrected chi connectivity index (χ3v) is 3.67. The molecular weight excluding hydrogens is 210 g/mol. The van der Waals surface area contributed by atoms with Crippen LogP contribution in [-0.4, -0.2) is 34.7 Å². The molecule has 0 spiro atoms. The van der Waals surface area contributed by atoms with Crippen LogP contribution in [0.5, 0.6) is 0 Å². The van der Waals surface area contributed by atoms with Crippen molar-refractivity contribution in [2.24, 2.45) is 0 Å². The van der Waals surface area contributed by atoms with Gasteiger partial charge in [0.15, 0.2) is 0 Å². The summed E-state index contributed by atoms with van der Waals surface area (Å²) < 4.78 is 5.39. The van der Waals surface area contributed by atoms with E-state index in [2.05, 4.69) is 5.32 Å². The number of hydrogen-bond acceptors (Lipinski definition) is 3. The quantitative estimate of drug-likeness (QED) is 0.743. The smallest absolute Gasteiger partial charge is 0.329 e. The highest BCUT2D eigenvalue weighted by molar-refractivity contribution is 5.92. The summed E-state index contributed by atoms with van der Waals surface area (Å²) in [7, 11) is 0. The van der Waals surface area contributed by atoms with Crippen molar-refractivity contribution in [3.05, 3.63) is 0 Å². The lowest BCUT2D eigenvalue weighted by atomic mass is 9.76. The van der Waals surface area contributed by atoms with Crippen molar-refractivity contribution < 1.29 is 19.4 Å². The third-order valence-electron chi connectivity index (χ3n) is 3.67. The van der Waals surface area contributed by atoms with Crippen LogP contribution in [-0.2, 0) is 14.3 Å². The molecule has 1 saturated heterocycles. The summed E-state index contributed by atoms with van der Waals surface area (Å²) in [6, 6.07) is 0. The highest BCUT2D eigenvalue weighted by Gasteiger charge is 2.49. The summed E-state index contributed by atoms with van der Waals surface area (Å²) in [6.45, 7) is 2.30. The van der Waals surface area contributed by atoms with Crippen LogP contribution < -0.4 is 5.32 Å². The van der Waals surface area contributed by atoms with Crippen LogP contribution in [0.15, 0.2) is 0 Å². The minimum atomic E-state index is -1.04. The van der Waals surface area contributed by atoms with Crippen LogP contribution in [0.1, 0.15) is 39.0 Å². The van der Waals surface area contributed by atoms with E-state index >= 15 is 0 Å². The second-order valence-electron chi connectivity index (χ2n) is 4.88. The number of nitrogens with one attached hydrogen (secondary N) is 1. The molecule has 1 heterocycles. The van der Waals surface area contributed by atoms with Crippen molar-refractivity contribution in [2.75, 3.05) is 6.61 Å². The van der Waals surface area contributed by atoms with E-state index < -0.39 is 17.1 Å². The standard InChI is InChI=1S/C11H17NO4/c1-10(4-3-7-16-10)8(13)12-11(9(14)15)5-2-6-11/h2-7H2,1H3,(H,12,13)(H,14,15). The maximum Gasteiger partial charge on any atom is 0.329 e. The van der Waals surface area contributed by atoms with Crippen LogP contribution in [0.25, 0.3) is 0 Å². The van der Waals surface area contributed by atoms with Gasteiger partial charge in [-0.2, -0.15) is 0 Å². The molecule has 1 unspecified atom stereocenters. The van der Waals surface area contributed by atoms with E-state index in [4.69, 9.17) is 9.84 Å². The normalized spacial score (nSPS) is 31.8. The number of carbonyl (C=O) groups excluding carboxylic acids is 1. The molecule has 1 saturated carbocycles. The van der Waals surface area contributed by atoms with Gasteiger partial charge in [-0.25, -0.2) is 4.79 Å². The van der Waals surface area contributed by atoms with E-state index in [1.54, 1.807) is 6.92 Å². The molecule has 0 aromatic carbocycles. The molecule has 1 aliphatic carbocycles. The highest BCUT2D eigenvalue weighted by atomic mass is 16.5. The highest BCUT2D eigenvalue weighted by Crippen LogP contribution is 2.34. The molecule has 2 aliphatic rings. The van der Waals surface area contributed by atoms with E-state index in [0.29, 0.717) is 25.9 Å². The number of amides is 1. The molecule has 1 atom stereocenters. The number of aliphatic carboxylic acids is 1. The zero-order valence-electron chi connectivity index (χ0n) is 9.41. The van der Waals surface area contributed by atoms with Crippen LogP contribution in [0.2, 0.25) is 0 Å². The van der Waals surface area contributed by atoms with E-state index in [0.717, 1.165) is 12.8 Å². The summed E-state index contributed by atoms with van der Waals surface area (Å²) in [5.74, 6) is -1.22. The molecule has 2 fully saturated rings. The SMILES string of the molecule is CC1(C(=O)NC2(C(=O)O)CCC2)CCCO1. The number of ether oxygens (including phenoxy) is 1. The largest absolute Gasteiger partial charge is 0.480 e. The lowest BCUT2D eigenvalue weighted by Gasteiger charge is -2.40. The predicted octanol–water partition coefficient (Wildman–Crippen LogP) is 0.679. The van der Waals surface area contributed by atoms with Crippen molar-refractivity contribution in [1.29, 1.82) is 0 Å². The van der Waals surface area contributed by atoms with Crippen molar-refractivity contribution >= 4 is 11.9 Å². The van der Waals surface area contributed by atoms with Gasteiger partial charge in [0.1, 0.15) is 11.1 Å². The minimum absolute atomic E-state index is 0.285. The molecule has 90 valence electrons. The van der Waals surface area contributed by atoms with Gasteiger partial charge in [-0.1, -0.05) is 0 Å². The van der Waals surface area contributed by atoms with Crippen LogP contribution in [0.3, 0.4) is 0 Å². The molecule has 5 heteroatoms. The Labute approximate surface area is 94.2 Å². The Morgan fingerprint density at radius 1 is 1.25 bits per heavy atom. The maximum absolute atomic E-state index is 12.0. The molecule has 0 aromatic heterocycles.